The Morgan fingerprint density at radius 1 is 0.889 bits per heavy atom. The molecule has 0 saturated heterocycles. The Morgan fingerprint density at radius 3 is 1.61 bits per heavy atom. The lowest BCUT2D eigenvalue weighted by Gasteiger charge is -2.47. The molecule has 0 aromatic rings. The summed E-state index contributed by atoms with van der Waals surface area (Å²) < 4.78 is 0. The van der Waals surface area contributed by atoms with Crippen LogP contribution < -0.4 is 0 Å². The van der Waals surface area contributed by atoms with E-state index in [0.29, 0.717) is 0 Å². The van der Waals surface area contributed by atoms with E-state index in [-0.39, 0.29) is 11.8 Å². The van der Waals surface area contributed by atoms with E-state index in [2.05, 4.69) is 6.58 Å². The first kappa shape index (κ1) is 14.1. The average molecular weight is 252 g/mol. The average Bonchev–Trinajstić information content (AvgIpc) is 2.47. The summed E-state index contributed by atoms with van der Waals surface area (Å²) in [5.41, 5.74) is -0.914. The van der Waals surface area contributed by atoms with Crippen LogP contribution in [0.25, 0.3) is 0 Å². The van der Waals surface area contributed by atoms with E-state index in [1.807, 2.05) is 0 Å². The predicted octanol–water partition coefficient (Wildman–Crippen LogP) is 3.43. The maximum atomic E-state index is 11.2. The van der Waals surface area contributed by atoms with Crippen LogP contribution in [0.3, 0.4) is 0 Å². The molecule has 1 atom stereocenters. The van der Waals surface area contributed by atoms with E-state index in [1.165, 1.54) is 38.5 Å². The molecule has 104 valence electrons. The van der Waals surface area contributed by atoms with Gasteiger partial charge in [0.15, 0.2) is 0 Å². The first-order valence-electron chi connectivity index (χ1n) is 7.72. The van der Waals surface area contributed by atoms with Crippen molar-refractivity contribution in [1.29, 1.82) is 0 Å². The first-order chi connectivity index (χ1) is 8.69. The molecule has 0 bridgehead atoms. The molecular weight excluding hydrogens is 224 g/mol. The molecule has 2 nitrogen and oxygen atoms in total. The van der Waals surface area contributed by atoms with Crippen LogP contribution in [-0.2, 0) is 0 Å². The van der Waals surface area contributed by atoms with E-state index in [0.717, 1.165) is 25.7 Å². The summed E-state index contributed by atoms with van der Waals surface area (Å²) in [7, 11) is 0. The van der Waals surface area contributed by atoms with Crippen molar-refractivity contribution in [2.24, 2.45) is 11.8 Å². The summed E-state index contributed by atoms with van der Waals surface area (Å²) in [6, 6.07) is 0. The van der Waals surface area contributed by atoms with Crippen molar-refractivity contribution in [2.75, 3.05) is 0 Å². The van der Waals surface area contributed by atoms with Gasteiger partial charge in [-0.25, -0.2) is 0 Å². The SMILES string of the molecule is C=CC(O)C(O)(C1CCCCC1)C1CCCCC1. The third-order valence-corrected chi connectivity index (χ3v) is 5.22. The zero-order chi connectivity index (χ0) is 13.0. The highest BCUT2D eigenvalue weighted by molar-refractivity contribution is 5.05. The van der Waals surface area contributed by atoms with Gasteiger partial charge in [-0.1, -0.05) is 44.6 Å². The van der Waals surface area contributed by atoms with E-state index in [1.54, 1.807) is 6.08 Å². The fourth-order valence-corrected chi connectivity index (χ4v) is 4.14. The quantitative estimate of drug-likeness (QED) is 0.753. The molecule has 2 N–H and O–H groups in total. The van der Waals surface area contributed by atoms with Crippen molar-refractivity contribution in [3.63, 3.8) is 0 Å². The second-order valence-electron chi connectivity index (χ2n) is 6.24. The van der Waals surface area contributed by atoms with Crippen molar-refractivity contribution < 1.29 is 10.2 Å². The van der Waals surface area contributed by atoms with Crippen LogP contribution in [0.4, 0.5) is 0 Å². The van der Waals surface area contributed by atoms with Crippen LogP contribution >= 0.6 is 0 Å². The molecule has 0 heterocycles. The summed E-state index contributed by atoms with van der Waals surface area (Å²) in [4.78, 5) is 0. The Hall–Kier alpha value is -0.340. The Bertz CT molecular complexity index is 244. The summed E-state index contributed by atoms with van der Waals surface area (Å²) >= 11 is 0. The van der Waals surface area contributed by atoms with Gasteiger partial charge >= 0.3 is 0 Å². The van der Waals surface area contributed by atoms with Crippen LogP contribution in [-0.4, -0.2) is 21.9 Å². The van der Waals surface area contributed by atoms with Gasteiger partial charge in [-0.2, -0.15) is 0 Å². The highest BCUT2D eigenvalue weighted by Crippen LogP contribution is 2.44. The van der Waals surface area contributed by atoms with Crippen molar-refractivity contribution in [3.05, 3.63) is 12.7 Å². The monoisotopic (exact) mass is 252 g/mol. The van der Waals surface area contributed by atoms with Gasteiger partial charge < -0.3 is 10.2 Å². The molecule has 1 unspecified atom stereocenters. The standard InChI is InChI=1S/C16H28O2/c1-2-15(17)16(18,13-9-5-3-6-10-13)14-11-7-4-8-12-14/h2,13-15,17-18H,1,3-12H2. The van der Waals surface area contributed by atoms with Crippen LogP contribution in [0, 0.1) is 11.8 Å². The van der Waals surface area contributed by atoms with Crippen LogP contribution in [0.15, 0.2) is 12.7 Å². The van der Waals surface area contributed by atoms with Crippen LogP contribution in [0.5, 0.6) is 0 Å². The lowest BCUT2D eigenvalue weighted by molar-refractivity contribution is -0.149. The summed E-state index contributed by atoms with van der Waals surface area (Å²) in [5, 5.41) is 21.5. The molecule has 2 saturated carbocycles. The van der Waals surface area contributed by atoms with Crippen LogP contribution in [0.1, 0.15) is 64.2 Å². The normalized spacial score (nSPS) is 25.9. The molecule has 2 aliphatic carbocycles. The number of aliphatic hydroxyl groups is 2. The molecule has 18 heavy (non-hydrogen) atoms. The van der Waals surface area contributed by atoms with Gasteiger partial charge in [0, 0.05) is 0 Å². The van der Waals surface area contributed by atoms with Gasteiger partial charge in [0.05, 0.1) is 5.60 Å². The number of aliphatic hydroxyl groups excluding tert-OH is 1. The summed E-state index contributed by atoms with van der Waals surface area (Å²) in [6.45, 7) is 3.71. The third-order valence-electron chi connectivity index (χ3n) is 5.22. The van der Waals surface area contributed by atoms with Crippen molar-refractivity contribution in [3.8, 4) is 0 Å². The molecule has 0 aromatic heterocycles. The van der Waals surface area contributed by atoms with Gasteiger partial charge in [0.2, 0.25) is 0 Å². The number of hydrogen-bond acceptors (Lipinski definition) is 2. The zero-order valence-electron chi connectivity index (χ0n) is 11.5. The van der Waals surface area contributed by atoms with E-state index < -0.39 is 11.7 Å². The zero-order valence-corrected chi connectivity index (χ0v) is 11.5. The van der Waals surface area contributed by atoms with E-state index >= 15 is 0 Å². The molecule has 0 aromatic carbocycles. The molecule has 0 aliphatic heterocycles. The largest absolute Gasteiger partial charge is 0.386 e. The van der Waals surface area contributed by atoms with Gasteiger partial charge in [-0.15, -0.1) is 6.58 Å². The summed E-state index contributed by atoms with van der Waals surface area (Å²) in [5.74, 6) is 0.532. The van der Waals surface area contributed by atoms with Crippen molar-refractivity contribution in [2.45, 2.75) is 75.9 Å². The van der Waals surface area contributed by atoms with Gasteiger partial charge in [0.1, 0.15) is 6.10 Å². The Labute approximate surface area is 111 Å². The fraction of sp³-hybridized carbons (Fsp3) is 0.875. The number of hydrogen-bond donors (Lipinski definition) is 2. The van der Waals surface area contributed by atoms with Gasteiger partial charge in [-0.3, -0.25) is 0 Å². The summed E-state index contributed by atoms with van der Waals surface area (Å²) in [6.07, 6.45) is 12.4. The third kappa shape index (κ3) is 2.65. The second kappa shape index (κ2) is 6.21. The number of rotatable bonds is 4. The second-order valence-corrected chi connectivity index (χ2v) is 6.24. The molecule has 2 heteroatoms. The van der Waals surface area contributed by atoms with Gasteiger partial charge in [-0.05, 0) is 37.5 Å². The lowest BCUT2D eigenvalue weighted by atomic mass is 9.64. The minimum Gasteiger partial charge on any atom is -0.386 e. The topological polar surface area (TPSA) is 40.5 Å². The van der Waals surface area contributed by atoms with E-state index in [4.69, 9.17) is 0 Å². The molecular formula is C16H28O2. The van der Waals surface area contributed by atoms with Crippen molar-refractivity contribution >= 4 is 0 Å². The minimum absolute atomic E-state index is 0.266. The molecule has 0 spiro atoms. The first-order valence-corrected chi connectivity index (χ1v) is 7.72. The van der Waals surface area contributed by atoms with E-state index in [9.17, 15) is 10.2 Å². The maximum absolute atomic E-state index is 11.2. The predicted molar refractivity (Wildman–Crippen MR) is 74.3 cm³/mol. The molecule has 2 aliphatic rings. The highest BCUT2D eigenvalue weighted by Gasteiger charge is 2.48. The highest BCUT2D eigenvalue weighted by atomic mass is 16.3. The Morgan fingerprint density at radius 2 is 1.28 bits per heavy atom. The molecule has 0 amide bonds. The minimum atomic E-state index is -0.914. The smallest absolute Gasteiger partial charge is 0.101 e. The Balaban J connectivity index is 2.17. The fourth-order valence-electron chi connectivity index (χ4n) is 4.14. The molecule has 2 rings (SSSR count). The maximum Gasteiger partial charge on any atom is 0.101 e. The molecule has 2 fully saturated rings. The molecule has 0 radical (unpaired) electrons. The Kier molecular flexibility index (Phi) is 4.85. The van der Waals surface area contributed by atoms with Gasteiger partial charge in [0.25, 0.3) is 0 Å². The van der Waals surface area contributed by atoms with Crippen molar-refractivity contribution in [1.82, 2.24) is 0 Å². The van der Waals surface area contributed by atoms with Crippen LogP contribution in [0.2, 0.25) is 0 Å². The lowest BCUT2D eigenvalue weighted by Crippen LogP contribution is -2.54.